The van der Waals surface area contributed by atoms with E-state index < -0.39 is 0 Å². The van der Waals surface area contributed by atoms with Crippen LogP contribution < -0.4 is 5.32 Å². The van der Waals surface area contributed by atoms with E-state index in [1.165, 1.54) is 32.4 Å². The molecule has 82 valence electrons. The fourth-order valence-corrected chi connectivity index (χ4v) is 3.18. The van der Waals surface area contributed by atoms with E-state index in [9.17, 15) is 0 Å². The van der Waals surface area contributed by atoms with Crippen LogP contribution in [0.1, 0.15) is 33.1 Å². The fourth-order valence-electron chi connectivity index (χ4n) is 3.18. The van der Waals surface area contributed by atoms with Crippen molar-refractivity contribution >= 4 is 0 Å². The van der Waals surface area contributed by atoms with Gasteiger partial charge in [0.1, 0.15) is 0 Å². The normalized spacial score (nSPS) is 34.3. The molecule has 0 amide bonds. The quantitative estimate of drug-likeness (QED) is 0.694. The third-order valence-corrected chi connectivity index (χ3v) is 4.05. The van der Waals surface area contributed by atoms with Crippen LogP contribution in [0.25, 0.3) is 0 Å². The van der Waals surface area contributed by atoms with Gasteiger partial charge in [-0.3, -0.25) is 0 Å². The molecule has 2 heterocycles. The van der Waals surface area contributed by atoms with Crippen LogP contribution in [0.4, 0.5) is 0 Å². The van der Waals surface area contributed by atoms with Gasteiger partial charge < -0.3 is 10.1 Å². The number of rotatable bonds is 1. The third-order valence-electron chi connectivity index (χ3n) is 4.05. The van der Waals surface area contributed by atoms with Crippen LogP contribution in [0.2, 0.25) is 0 Å². The molecule has 2 fully saturated rings. The summed E-state index contributed by atoms with van der Waals surface area (Å²) in [6.45, 7) is 9.22. The van der Waals surface area contributed by atoms with Crippen LogP contribution in [-0.4, -0.2) is 26.3 Å². The Hall–Kier alpha value is -0.0800. The summed E-state index contributed by atoms with van der Waals surface area (Å²) in [5.41, 5.74) is 0.486. The lowest BCUT2D eigenvalue weighted by Crippen LogP contribution is -2.46. The Bertz CT molecular complexity index is 185. The number of hydrogen-bond acceptors (Lipinski definition) is 2. The monoisotopic (exact) mass is 197 g/mol. The molecule has 1 N–H and O–H groups in total. The molecule has 1 atom stereocenters. The predicted molar refractivity (Wildman–Crippen MR) is 58.3 cm³/mol. The van der Waals surface area contributed by atoms with Gasteiger partial charge in [-0.2, -0.15) is 0 Å². The second-order valence-electron chi connectivity index (χ2n) is 5.51. The van der Waals surface area contributed by atoms with Gasteiger partial charge in [0.15, 0.2) is 0 Å². The van der Waals surface area contributed by atoms with Crippen molar-refractivity contribution in [1.82, 2.24) is 5.32 Å². The summed E-state index contributed by atoms with van der Waals surface area (Å²) in [4.78, 5) is 0. The number of ether oxygens (including phenoxy) is 1. The Morgan fingerprint density at radius 1 is 1.14 bits per heavy atom. The van der Waals surface area contributed by atoms with Crippen molar-refractivity contribution < 1.29 is 4.74 Å². The summed E-state index contributed by atoms with van der Waals surface area (Å²) in [7, 11) is 0. The Morgan fingerprint density at radius 3 is 2.50 bits per heavy atom. The van der Waals surface area contributed by atoms with Crippen molar-refractivity contribution in [1.29, 1.82) is 0 Å². The molecule has 2 saturated heterocycles. The molecule has 0 radical (unpaired) electrons. The maximum atomic E-state index is 5.44. The van der Waals surface area contributed by atoms with Crippen LogP contribution in [0, 0.1) is 17.3 Å². The van der Waals surface area contributed by atoms with Gasteiger partial charge in [-0.25, -0.2) is 0 Å². The van der Waals surface area contributed by atoms with E-state index >= 15 is 0 Å². The largest absolute Gasteiger partial charge is 0.381 e. The molecule has 1 unspecified atom stereocenters. The molecular formula is C12H23NO. The van der Waals surface area contributed by atoms with Gasteiger partial charge in [-0.1, -0.05) is 13.8 Å². The lowest BCUT2D eigenvalue weighted by Gasteiger charge is -2.44. The highest BCUT2D eigenvalue weighted by Gasteiger charge is 2.37. The molecule has 2 heteroatoms. The third kappa shape index (κ3) is 2.12. The van der Waals surface area contributed by atoms with Gasteiger partial charge in [0.25, 0.3) is 0 Å². The minimum atomic E-state index is 0.486. The van der Waals surface area contributed by atoms with Crippen molar-refractivity contribution in [2.75, 3.05) is 26.3 Å². The minimum Gasteiger partial charge on any atom is -0.381 e. The average Bonchev–Trinajstić information content (AvgIpc) is 2.18. The molecule has 0 bridgehead atoms. The van der Waals surface area contributed by atoms with E-state index in [4.69, 9.17) is 4.74 Å². The Labute approximate surface area is 87.4 Å². The first-order chi connectivity index (χ1) is 6.70. The van der Waals surface area contributed by atoms with E-state index in [1.807, 2.05) is 0 Å². The maximum absolute atomic E-state index is 5.44. The zero-order valence-corrected chi connectivity index (χ0v) is 9.51. The number of hydrogen-bond donors (Lipinski definition) is 1. The second-order valence-corrected chi connectivity index (χ2v) is 5.51. The van der Waals surface area contributed by atoms with Crippen LogP contribution >= 0.6 is 0 Å². The minimum absolute atomic E-state index is 0.486. The van der Waals surface area contributed by atoms with E-state index in [-0.39, 0.29) is 0 Å². The van der Waals surface area contributed by atoms with E-state index in [1.54, 1.807) is 0 Å². The zero-order valence-electron chi connectivity index (χ0n) is 9.51. The van der Waals surface area contributed by atoms with Gasteiger partial charge in [0, 0.05) is 19.8 Å². The molecule has 0 aromatic carbocycles. The maximum Gasteiger partial charge on any atom is 0.0468 e. The van der Waals surface area contributed by atoms with Crippen molar-refractivity contribution in [2.45, 2.75) is 33.1 Å². The molecule has 2 aliphatic heterocycles. The highest BCUT2D eigenvalue weighted by molar-refractivity contribution is 4.89. The first kappa shape index (κ1) is 10.4. The highest BCUT2D eigenvalue weighted by atomic mass is 16.5. The lowest BCUT2D eigenvalue weighted by molar-refractivity contribution is 0.00431. The van der Waals surface area contributed by atoms with E-state index in [0.717, 1.165) is 25.0 Å². The Kier molecular flexibility index (Phi) is 3.13. The molecular weight excluding hydrogens is 174 g/mol. The predicted octanol–water partition coefficient (Wildman–Crippen LogP) is 2.05. The second kappa shape index (κ2) is 4.19. The summed E-state index contributed by atoms with van der Waals surface area (Å²) in [5, 5.41) is 3.51. The SMILES string of the molecule is CC1(C)CNCCC1C1CCOCC1. The van der Waals surface area contributed by atoms with Crippen LogP contribution in [-0.2, 0) is 4.74 Å². The van der Waals surface area contributed by atoms with Crippen molar-refractivity contribution in [3.63, 3.8) is 0 Å². The number of nitrogens with one attached hydrogen (secondary N) is 1. The van der Waals surface area contributed by atoms with E-state index in [2.05, 4.69) is 19.2 Å². The smallest absolute Gasteiger partial charge is 0.0468 e. The van der Waals surface area contributed by atoms with Gasteiger partial charge in [-0.15, -0.1) is 0 Å². The van der Waals surface area contributed by atoms with Crippen LogP contribution in [0.15, 0.2) is 0 Å². The van der Waals surface area contributed by atoms with E-state index in [0.29, 0.717) is 5.41 Å². The van der Waals surface area contributed by atoms with Crippen LogP contribution in [0.3, 0.4) is 0 Å². The topological polar surface area (TPSA) is 21.3 Å². The molecule has 0 spiro atoms. The summed E-state index contributed by atoms with van der Waals surface area (Å²) >= 11 is 0. The molecule has 2 aliphatic rings. The van der Waals surface area contributed by atoms with Crippen molar-refractivity contribution in [2.24, 2.45) is 17.3 Å². The first-order valence-electron chi connectivity index (χ1n) is 5.98. The van der Waals surface area contributed by atoms with Gasteiger partial charge in [0.2, 0.25) is 0 Å². The van der Waals surface area contributed by atoms with Crippen molar-refractivity contribution in [3.8, 4) is 0 Å². The fraction of sp³-hybridized carbons (Fsp3) is 1.00. The van der Waals surface area contributed by atoms with Gasteiger partial charge >= 0.3 is 0 Å². The molecule has 14 heavy (non-hydrogen) atoms. The van der Waals surface area contributed by atoms with Crippen LogP contribution in [0.5, 0.6) is 0 Å². The zero-order chi connectivity index (χ0) is 10.0. The summed E-state index contributed by atoms with van der Waals surface area (Å²) < 4.78 is 5.44. The van der Waals surface area contributed by atoms with Gasteiger partial charge in [-0.05, 0) is 43.1 Å². The standard InChI is InChI=1S/C12H23NO/c1-12(2)9-13-6-3-11(12)10-4-7-14-8-5-10/h10-11,13H,3-9H2,1-2H3. The summed E-state index contributed by atoms with van der Waals surface area (Å²) in [6, 6.07) is 0. The summed E-state index contributed by atoms with van der Waals surface area (Å²) in [5.74, 6) is 1.83. The molecule has 0 saturated carbocycles. The molecule has 0 aromatic heterocycles. The molecule has 2 nitrogen and oxygen atoms in total. The Balaban J connectivity index is 1.99. The molecule has 0 aliphatic carbocycles. The lowest BCUT2D eigenvalue weighted by atomic mass is 9.66. The average molecular weight is 197 g/mol. The van der Waals surface area contributed by atoms with Crippen molar-refractivity contribution in [3.05, 3.63) is 0 Å². The van der Waals surface area contributed by atoms with Gasteiger partial charge in [0.05, 0.1) is 0 Å². The Morgan fingerprint density at radius 2 is 1.86 bits per heavy atom. The first-order valence-corrected chi connectivity index (χ1v) is 5.98. The highest BCUT2D eigenvalue weighted by Crippen LogP contribution is 2.40. The summed E-state index contributed by atoms with van der Waals surface area (Å²) in [6.07, 6.45) is 3.93. The number of piperidine rings is 1. The molecule has 2 rings (SSSR count). The molecule has 0 aromatic rings.